The molecule has 6 fully saturated rings. The van der Waals surface area contributed by atoms with E-state index in [9.17, 15) is 14.7 Å². The van der Waals surface area contributed by atoms with Gasteiger partial charge in [0, 0.05) is 82.3 Å². The number of aliphatic carboxylic acids is 1. The third kappa shape index (κ3) is 6.04. The minimum atomic E-state index is -3.50. The van der Waals surface area contributed by atoms with Gasteiger partial charge in [-0.2, -0.15) is 8.78 Å². The number of hydrogen-bond acceptors (Lipinski definition) is 10. The Bertz CT molecular complexity index is 1910. The van der Waals surface area contributed by atoms with Crippen LogP contribution in [-0.4, -0.2) is 81.4 Å². The van der Waals surface area contributed by atoms with Crippen LogP contribution in [0.15, 0.2) is 42.9 Å². The lowest BCUT2D eigenvalue weighted by Crippen LogP contribution is -2.66. The van der Waals surface area contributed by atoms with Gasteiger partial charge in [0.25, 0.3) is 11.8 Å². The summed E-state index contributed by atoms with van der Waals surface area (Å²) in [6.45, 7) is 3.86. The highest BCUT2D eigenvalue weighted by molar-refractivity contribution is 5.99. The molecular formula is C40H47F2N7O5. The number of carboxylic acids is 1. The number of carbonyl (C=O) groups excluding carboxylic acids is 1. The molecule has 7 aliphatic rings. The van der Waals surface area contributed by atoms with Gasteiger partial charge in [0.05, 0.1) is 5.56 Å². The second kappa shape index (κ2) is 13.4. The van der Waals surface area contributed by atoms with E-state index in [1.54, 1.807) is 18.5 Å². The largest absolute Gasteiger partial charge is 0.490 e. The van der Waals surface area contributed by atoms with Crippen molar-refractivity contribution in [3.63, 3.8) is 0 Å². The number of nitrogens with one attached hydrogen (secondary N) is 1. The number of aromatic nitrogens is 4. The minimum absolute atomic E-state index is 0.0195. The maximum atomic E-state index is 15.5. The number of hydrogen-bond donors (Lipinski definition) is 2. The highest BCUT2D eigenvalue weighted by Gasteiger charge is 2.60. The smallest absolute Gasteiger partial charge is 0.330 e. The van der Waals surface area contributed by atoms with Gasteiger partial charge in [0.2, 0.25) is 11.9 Å². The van der Waals surface area contributed by atoms with Crippen molar-refractivity contribution in [2.24, 2.45) is 23.7 Å². The van der Waals surface area contributed by atoms with Crippen LogP contribution in [0, 0.1) is 23.7 Å². The second-order valence-electron chi connectivity index (χ2n) is 16.6. The van der Waals surface area contributed by atoms with Crippen molar-refractivity contribution >= 4 is 29.5 Å². The fraction of sp³-hybridized carbons (Fsp3) is 0.600. The topological polar surface area (TPSA) is 143 Å². The van der Waals surface area contributed by atoms with E-state index in [0.717, 1.165) is 107 Å². The van der Waals surface area contributed by atoms with Crippen molar-refractivity contribution < 1.29 is 33.0 Å². The van der Waals surface area contributed by atoms with E-state index < -0.39 is 34.6 Å². The van der Waals surface area contributed by atoms with E-state index in [0.29, 0.717) is 38.0 Å². The zero-order valence-electron chi connectivity index (χ0n) is 30.6. The predicted octanol–water partition coefficient (Wildman–Crippen LogP) is 6.03. The molecule has 4 saturated carbocycles. The van der Waals surface area contributed by atoms with E-state index in [1.165, 1.54) is 0 Å². The molecule has 4 bridgehead atoms. The Kier molecular flexibility index (Phi) is 8.74. The fourth-order valence-corrected chi connectivity index (χ4v) is 10.8. The van der Waals surface area contributed by atoms with Crippen molar-refractivity contribution in [2.75, 3.05) is 42.6 Å². The van der Waals surface area contributed by atoms with Crippen molar-refractivity contribution in [3.05, 3.63) is 59.7 Å². The van der Waals surface area contributed by atoms with Crippen molar-refractivity contribution in [3.8, 4) is 5.75 Å². The molecule has 1 spiro atoms. The van der Waals surface area contributed by atoms with Gasteiger partial charge in [-0.15, -0.1) is 0 Å². The van der Waals surface area contributed by atoms with Gasteiger partial charge in [-0.25, -0.2) is 24.7 Å². The molecule has 12 nitrogen and oxygen atoms in total. The first-order chi connectivity index (χ1) is 26.0. The molecule has 2 N–H and O–H groups in total. The number of fused-ring (bicyclic) bond motifs is 3. The number of rotatable bonds is 8. The molecule has 3 aliphatic heterocycles. The molecule has 0 radical (unpaired) electrons. The van der Waals surface area contributed by atoms with Crippen LogP contribution in [0.1, 0.15) is 92.7 Å². The zero-order chi connectivity index (χ0) is 37.2. The molecule has 5 heterocycles. The highest BCUT2D eigenvalue weighted by atomic mass is 19.3. The third-order valence-electron chi connectivity index (χ3n) is 13.4. The zero-order valence-corrected chi connectivity index (χ0v) is 30.6. The van der Waals surface area contributed by atoms with Gasteiger partial charge in [-0.3, -0.25) is 4.79 Å². The molecule has 5 unspecified atom stereocenters. The van der Waals surface area contributed by atoms with Crippen LogP contribution < -0.4 is 19.9 Å². The lowest BCUT2D eigenvalue weighted by Gasteiger charge is -2.50. The molecule has 4 aliphatic carbocycles. The molecule has 54 heavy (non-hydrogen) atoms. The van der Waals surface area contributed by atoms with Gasteiger partial charge in [-0.05, 0) is 98.4 Å². The summed E-state index contributed by atoms with van der Waals surface area (Å²) in [5.41, 5.74) is -1.10. The summed E-state index contributed by atoms with van der Waals surface area (Å²) < 4.78 is 43.3. The van der Waals surface area contributed by atoms with Crippen LogP contribution in [0.4, 0.5) is 26.4 Å². The number of benzene rings is 1. The summed E-state index contributed by atoms with van der Waals surface area (Å²) >= 11 is 0. The first-order valence-corrected chi connectivity index (χ1v) is 19.5. The van der Waals surface area contributed by atoms with Crippen LogP contribution in [0.2, 0.25) is 0 Å². The minimum Gasteiger partial charge on any atom is -0.490 e. The lowest BCUT2D eigenvalue weighted by molar-refractivity contribution is -0.154. The quantitative estimate of drug-likeness (QED) is 0.280. The number of piperidine rings is 1. The monoisotopic (exact) mass is 743 g/mol. The molecule has 1 amide bonds. The molecule has 286 valence electrons. The summed E-state index contributed by atoms with van der Waals surface area (Å²) in [7, 11) is 0. The fourth-order valence-electron chi connectivity index (χ4n) is 10.8. The summed E-state index contributed by atoms with van der Waals surface area (Å²) in [5.74, 6) is -3.51. The number of carboxylic acid groups (broad SMARTS) is 1. The highest BCUT2D eigenvalue weighted by Crippen LogP contribution is 2.56. The summed E-state index contributed by atoms with van der Waals surface area (Å²) in [6, 6.07) is 7.73. The number of nitrogens with zero attached hydrogens (tertiary/aromatic N) is 6. The number of amides is 1. The predicted molar refractivity (Wildman–Crippen MR) is 194 cm³/mol. The Hall–Kier alpha value is -4.46. The summed E-state index contributed by atoms with van der Waals surface area (Å²) in [4.78, 5) is 48.9. The van der Waals surface area contributed by atoms with Crippen LogP contribution in [0.25, 0.3) is 0 Å². The molecule has 14 heteroatoms. The maximum absolute atomic E-state index is 15.5. The third-order valence-corrected chi connectivity index (χ3v) is 13.4. The van der Waals surface area contributed by atoms with Crippen molar-refractivity contribution in [1.29, 1.82) is 0 Å². The normalized spacial score (nSPS) is 28.9. The Balaban J connectivity index is 0.993. The molecule has 3 aromatic rings. The van der Waals surface area contributed by atoms with E-state index in [1.807, 2.05) is 17.0 Å². The first-order valence-electron chi connectivity index (χ1n) is 19.5. The first kappa shape index (κ1) is 35.3. The Labute approximate surface area is 313 Å². The molecule has 2 saturated heterocycles. The van der Waals surface area contributed by atoms with Gasteiger partial charge in [0.15, 0.2) is 0 Å². The summed E-state index contributed by atoms with van der Waals surface area (Å²) in [6.07, 6.45) is 12.7. The second-order valence-corrected chi connectivity index (χ2v) is 16.6. The maximum Gasteiger partial charge on any atom is 0.330 e. The number of anilines is 3. The average molecular weight is 744 g/mol. The number of carbonyl (C=O) groups is 2. The molecular weight excluding hydrogens is 696 g/mol. The Morgan fingerprint density at radius 3 is 2.44 bits per heavy atom. The van der Waals surface area contributed by atoms with E-state index in [2.05, 4.69) is 36.2 Å². The Morgan fingerprint density at radius 1 is 0.963 bits per heavy atom. The molecule has 5 atom stereocenters. The van der Waals surface area contributed by atoms with Crippen LogP contribution in [0.3, 0.4) is 0 Å². The van der Waals surface area contributed by atoms with Crippen molar-refractivity contribution in [2.45, 2.75) is 94.1 Å². The molecule has 1 aromatic carbocycles. The van der Waals surface area contributed by atoms with E-state index in [-0.39, 0.29) is 29.3 Å². The van der Waals surface area contributed by atoms with Gasteiger partial charge in [0.1, 0.15) is 23.1 Å². The van der Waals surface area contributed by atoms with Crippen LogP contribution >= 0.6 is 0 Å². The average Bonchev–Trinajstić information content (AvgIpc) is 3.31. The molecule has 2 aromatic heterocycles. The number of alkyl halides is 2. The van der Waals surface area contributed by atoms with E-state index in [4.69, 9.17) is 9.47 Å². The van der Waals surface area contributed by atoms with Gasteiger partial charge in [-0.1, -0.05) is 6.42 Å². The summed E-state index contributed by atoms with van der Waals surface area (Å²) in [5, 5.41) is 13.5. The van der Waals surface area contributed by atoms with Gasteiger partial charge >= 0.3 is 5.97 Å². The standard InChI is InChI=1S/C40H47F2N7O5/c1-38(41,42)33-30(34(50)47-40(35(51)52)26-4-3-24-17-25(19-26)20-27(40)18-24)22-45-37(46-33)49-23-39(9-15-53-16-10-39)31-21-29(5-6-32(31)49)54-28-7-13-48(14-8-28)36-43-11-2-12-44-36/h2,5-6,11-12,21-22,24-28H,3-4,7-10,13-20,23H2,1H3,(H,47,50)(H,51,52). The molecule has 10 rings (SSSR count). The lowest BCUT2D eigenvalue weighted by atomic mass is 9.58. The van der Waals surface area contributed by atoms with Crippen LogP contribution in [0.5, 0.6) is 5.75 Å². The van der Waals surface area contributed by atoms with Crippen molar-refractivity contribution in [1.82, 2.24) is 25.3 Å². The number of ether oxygens (including phenoxy) is 2. The SMILES string of the molecule is CC(F)(F)c1nc(N2CC3(CCOCC3)c3cc(OC4CCN(c5ncccn5)CC4)ccc32)ncc1C(=O)NC1(C(=O)O)C2CCC3CC(C2)CC1C3. The van der Waals surface area contributed by atoms with Gasteiger partial charge < -0.3 is 29.7 Å². The van der Waals surface area contributed by atoms with Crippen LogP contribution in [-0.2, 0) is 20.9 Å². The van der Waals surface area contributed by atoms with E-state index >= 15 is 8.78 Å². The Morgan fingerprint density at radius 2 is 1.70 bits per heavy atom. The number of halogens is 2.